The Morgan fingerprint density at radius 3 is 2.70 bits per heavy atom. The van der Waals surface area contributed by atoms with Gasteiger partial charge >= 0.3 is 0 Å². The fourth-order valence-electron chi connectivity index (χ4n) is 6.49. The predicted octanol–water partition coefficient (Wildman–Crippen LogP) is 1.65. The van der Waals surface area contributed by atoms with E-state index in [1.807, 2.05) is 17.1 Å². The quantitative estimate of drug-likeness (QED) is 0.750. The molecule has 5 aliphatic rings. The van der Waals surface area contributed by atoms with Crippen LogP contribution in [0.1, 0.15) is 18.4 Å². The first-order valence-corrected chi connectivity index (χ1v) is 10.8. The van der Waals surface area contributed by atoms with Crippen LogP contribution in [0.4, 0.5) is 10.1 Å². The molecule has 6 nitrogen and oxygen atoms in total. The number of aliphatic hydroxyl groups excluding tert-OH is 1. The van der Waals surface area contributed by atoms with E-state index in [9.17, 15) is 19.1 Å². The maximum atomic E-state index is 13.6. The maximum absolute atomic E-state index is 13.6. The number of aliphatic hydroxyl groups is 1. The van der Waals surface area contributed by atoms with Crippen LogP contribution in [0, 0.1) is 36.4 Å². The monoisotopic (exact) mass is 412 g/mol. The molecular weight excluding hydrogens is 387 g/mol. The van der Waals surface area contributed by atoms with Crippen LogP contribution in [0.2, 0.25) is 0 Å². The number of ether oxygens (including phenoxy) is 1. The number of amides is 2. The Morgan fingerprint density at radius 1 is 1.27 bits per heavy atom. The van der Waals surface area contributed by atoms with Crippen LogP contribution in [-0.4, -0.2) is 59.3 Å². The number of rotatable bonds is 2. The third kappa shape index (κ3) is 2.36. The Hall–Kier alpha value is -2.25. The summed E-state index contributed by atoms with van der Waals surface area (Å²) in [6, 6.07) is 4.39. The number of likely N-dealkylation sites (tertiary alicyclic amines) is 1. The van der Waals surface area contributed by atoms with E-state index >= 15 is 0 Å². The number of benzene rings is 1. The zero-order chi connectivity index (χ0) is 20.8. The van der Waals surface area contributed by atoms with Gasteiger partial charge in [-0.2, -0.15) is 0 Å². The van der Waals surface area contributed by atoms with Gasteiger partial charge in [0.25, 0.3) is 0 Å². The lowest BCUT2D eigenvalue weighted by molar-refractivity contribution is -0.144. The summed E-state index contributed by atoms with van der Waals surface area (Å²) < 4.78 is 19.8. The first kappa shape index (κ1) is 18.5. The van der Waals surface area contributed by atoms with Gasteiger partial charge in [-0.15, -0.1) is 0 Å². The van der Waals surface area contributed by atoms with Crippen molar-refractivity contribution in [3.05, 3.63) is 41.7 Å². The minimum absolute atomic E-state index is 0.0361. The van der Waals surface area contributed by atoms with Crippen LogP contribution in [0.5, 0.6) is 0 Å². The van der Waals surface area contributed by atoms with E-state index in [4.69, 9.17) is 4.74 Å². The highest BCUT2D eigenvalue weighted by molar-refractivity contribution is 6.03. The molecule has 4 bridgehead atoms. The molecule has 3 saturated heterocycles. The molecule has 0 radical (unpaired) electrons. The van der Waals surface area contributed by atoms with Gasteiger partial charge in [0, 0.05) is 30.6 Å². The molecule has 4 aliphatic heterocycles. The van der Waals surface area contributed by atoms with Crippen molar-refractivity contribution in [3.8, 4) is 0 Å². The Labute approximate surface area is 174 Å². The third-order valence-electron chi connectivity index (χ3n) is 7.93. The molecule has 7 heteroatoms. The molecule has 1 spiro atoms. The average Bonchev–Trinajstić information content (AvgIpc) is 3.39. The molecule has 1 aromatic carbocycles. The van der Waals surface area contributed by atoms with E-state index in [0.29, 0.717) is 30.9 Å². The van der Waals surface area contributed by atoms with Gasteiger partial charge in [-0.05, 0) is 43.5 Å². The topological polar surface area (TPSA) is 70.1 Å². The van der Waals surface area contributed by atoms with Gasteiger partial charge in [0.15, 0.2) is 0 Å². The number of anilines is 1. The van der Waals surface area contributed by atoms with Crippen molar-refractivity contribution in [3.63, 3.8) is 0 Å². The molecule has 30 heavy (non-hydrogen) atoms. The van der Waals surface area contributed by atoms with E-state index in [1.165, 1.54) is 12.1 Å². The lowest BCUT2D eigenvalue weighted by atomic mass is 9.76. The highest BCUT2D eigenvalue weighted by Gasteiger charge is 2.67. The van der Waals surface area contributed by atoms with Crippen LogP contribution in [-0.2, 0) is 14.3 Å². The minimum Gasteiger partial charge on any atom is -0.392 e. The zero-order valence-electron chi connectivity index (χ0n) is 16.8. The Bertz CT molecular complexity index is 966. The van der Waals surface area contributed by atoms with Gasteiger partial charge in [0.2, 0.25) is 11.8 Å². The number of fused-ring (bicyclic) bond motifs is 3. The van der Waals surface area contributed by atoms with Crippen molar-refractivity contribution < 1.29 is 23.8 Å². The number of nitrogens with zero attached hydrogens (tertiary/aromatic N) is 2. The van der Waals surface area contributed by atoms with Crippen LogP contribution in [0.25, 0.3) is 0 Å². The number of halogens is 1. The molecule has 7 atom stereocenters. The van der Waals surface area contributed by atoms with Crippen molar-refractivity contribution in [2.75, 3.05) is 24.5 Å². The third-order valence-corrected chi connectivity index (χ3v) is 7.93. The fourth-order valence-corrected chi connectivity index (χ4v) is 6.49. The molecule has 158 valence electrons. The minimum atomic E-state index is -0.794. The Kier molecular flexibility index (Phi) is 3.79. The van der Waals surface area contributed by atoms with E-state index in [2.05, 4.69) is 0 Å². The summed E-state index contributed by atoms with van der Waals surface area (Å²) in [6.07, 6.45) is 5.05. The van der Waals surface area contributed by atoms with Crippen molar-refractivity contribution in [2.45, 2.75) is 37.6 Å². The molecule has 2 amide bonds. The number of carbonyl (C=O) groups excluding carboxylic acids is 2. The lowest BCUT2D eigenvalue weighted by Gasteiger charge is -2.38. The summed E-state index contributed by atoms with van der Waals surface area (Å²) in [7, 11) is 0. The largest absolute Gasteiger partial charge is 0.392 e. The Balaban J connectivity index is 1.31. The van der Waals surface area contributed by atoms with E-state index in [-0.39, 0.29) is 41.7 Å². The normalized spacial score (nSPS) is 41.1. The van der Waals surface area contributed by atoms with Crippen LogP contribution >= 0.6 is 0 Å². The molecule has 4 fully saturated rings. The van der Waals surface area contributed by atoms with Crippen LogP contribution < -0.4 is 4.90 Å². The summed E-state index contributed by atoms with van der Waals surface area (Å²) in [6.45, 7) is 3.23. The predicted molar refractivity (Wildman–Crippen MR) is 106 cm³/mol. The van der Waals surface area contributed by atoms with Crippen LogP contribution in [0.3, 0.4) is 0 Å². The average molecular weight is 412 g/mol. The molecule has 6 rings (SSSR count). The van der Waals surface area contributed by atoms with Crippen molar-refractivity contribution in [2.24, 2.45) is 23.7 Å². The highest BCUT2D eigenvalue weighted by atomic mass is 19.1. The van der Waals surface area contributed by atoms with Crippen molar-refractivity contribution in [1.82, 2.24) is 4.90 Å². The number of piperidine rings is 1. The standard InChI is InChI=1S/C23H25FN2O4/c1-12-8-15(24)4-5-16(12)26-11-23-7-6-17(30-23)18(19(23)22(26)29)21(28)25-9-13-2-3-14(10-25)20(13)27/h4-8,13-14,17-20,27H,2-3,9-11H2,1H3/t13-,14+,17-,18-,19+,20?,23-/m0/s1. The lowest BCUT2D eigenvalue weighted by Crippen LogP contribution is -2.52. The summed E-state index contributed by atoms with van der Waals surface area (Å²) in [5, 5.41) is 10.3. The first-order chi connectivity index (χ1) is 14.4. The fraction of sp³-hybridized carbons (Fsp3) is 0.565. The number of hydrogen-bond donors (Lipinski definition) is 1. The highest BCUT2D eigenvalue weighted by Crippen LogP contribution is 2.53. The van der Waals surface area contributed by atoms with Gasteiger partial charge in [-0.25, -0.2) is 4.39 Å². The van der Waals surface area contributed by atoms with Gasteiger partial charge in [0.1, 0.15) is 11.4 Å². The Morgan fingerprint density at radius 2 is 2.00 bits per heavy atom. The molecular formula is C23H25FN2O4. The molecule has 1 N–H and O–H groups in total. The number of hydrogen-bond acceptors (Lipinski definition) is 4. The van der Waals surface area contributed by atoms with Gasteiger partial charge in [-0.1, -0.05) is 12.2 Å². The van der Waals surface area contributed by atoms with Gasteiger partial charge < -0.3 is 19.6 Å². The molecule has 4 heterocycles. The number of aryl methyl sites for hydroxylation is 1. The molecule has 1 saturated carbocycles. The second-order valence-electron chi connectivity index (χ2n) is 9.59. The second-order valence-corrected chi connectivity index (χ2v) is 9.59. The second kappa shape index (κ2) is 6.14. The summed E-state index contributed by atoms with van der Waals surface area (Å²) in [5.41, 5.74) is 0.552. The van der Waals surface area contributed by atoms with E-state index in [1.54, 1.807) is 17.9 Å². The van der Waals surface area contributed by atoms with Crippen molar-refractivity contribution in [1.29, 1.82) is 0 Å². The van der Waals surface area contributed by atoms with E-state index < -0.39 is 17.4 Å². The van der Waals surface area contributed by atoms with E-state index in [0.717, 1.165) is 12.8 Å². The molecule has 1 aliphatic carbocycles. The van der Waals surface area contributed by atoms with Crippen LogP contribution in [0.15, 0.2) is 30.4 Å². The molecule has 1 unspecified atom stereocenters. The number of carbonyl (C=O) groups is 2. The molecule has 0 aromatic heterocycles. The summed E-state index contributed by atoms with van der Waals surface area (Å²) >= 11 is 0. The summed E-state index contributed by atoms with van der Waals surface area (Å²) in [4.78, 5) is 30.6. The maximum Gasteiger partial charge on any atom is 0.234 e. The zero-order valence-corrected chi connectivity index (χ0v) is 16.8. The SMILES string of the molecule is Cc1cc(F)ccc1N1C[C@]23C=C[C@H](O2)[C@H](C(=O)N2C[C@H]4CC[C@@H](C2)C4O)[C@@H]3C1=O. The first-order valence-electron chi connectivity index (χ1n) is 10.8. The smallest absolute Gasteiger partial charge is 0.234 e. The van der Waals surface area contributed by atoms with Gasteiger partial charge in [-0.3, -0.25) is 9.59 Å². The van der Waals surface area contributed by atoms with Crippen molar-refractivity contribution >= 4 is 17.5 Å². The molecule has 1 aromatic rings. The van der Waals surface area contributed by atoms with Gasteiger partial charge in [0.05, 0.1) is 30.6 Å². The summed E-state index contributed by atoms with van der Waals surface area (Å²) in [5.74, 6) is -1.34.